The summed E-state index contributed by atoms with van der Waals surface area (Å²) in [5.74, 6) is 0. The summed E-state index contributed by atoms with van der Waals surface area (Å²) in [5, 5.41) is 4.46. The number of nitrogens with one attached hydrogen (secondary N) is 2. The van der Waals surface area contributed by atoms with Crippen LogP contribution in [-0.2, 0) is 12.4 Å². The second-order valence-corrected chi connectivity index (χ2v) is 6.60. The summed E-state index contributed by atoms with van der Waals surface area (Å²) in [4.78, 5) is 13.9. The van der Waals surface area contributed by atoms with E-state index in [4.69, 9.17) is 0 Å². The predicted molar refractivity (Wildman–Crippen MR) is 90.4 cm³/mol. The third-order valence-corrected chi connectivity index (χ3v) is 3.83. The molecule has 0 aliphatic heterocycles. The average Bonchev–Trinajstić information content (AvgIpc) is 2.48. The topological polar surface area (TPSA) is 44.4 Å². The van der Waals surface area contributed by atoms with Crippen LogP contribution in [0, 0.1) is 0 Å². The zero-order valence-electron chi connectivity index (χ0n) is 15.4. The average molecular weight is 399 g/mol. The number of carbonyl (C=O) groups excluding carboxylic acids is 1. The van der Waals surface area contributed by atoms with Crippen LogP contribution >= 0.6 is 0 Å². The van der Waals surface area contributed by atoms with E-state index >= 15 is 0 Å². The fourth-order valence-corrected chi connectivity index (χ4v) is 2.61. The van der Waals surface area contributed by atoms with E-state index in [-0.39, 0.29) is 24.7 Å². The van der Waals surface area contributed by atoms with Gasteiger partial charge in [0.1, 0.15) is 0 Å². The van der Waals surface area contributed by atoms with Gasteiger partial charge in [-0.05, 0) is 45.9 Å². The first-order valence-electron chi connectivity index (χ1n) is 8.32. The Labute approximate surface area is 153 Å². The van der Waals surface area contributed by atoms with Crippen molar-refractivity contribution in [1.29, 1.82) is 0 Å². The lowest BCUT2D eigenvalue weighted by atomic mass is 10.1. The minimum Gasteiger partial charge on any atom is -0.337 e. The van der Waals surface area contributed by atoms with E-state index in [0.717, 1.165) is 0 Å². The fourth-order valence-electron chi connectivity index (χ4n) is 2.61. The number of benzene rings is 1. The molecule has 0 bridgehead atoms. The smallest absolute Gasteiger partial charge is 0.337 e. The van der Waals surface area contributed by atoms with Crippen LogP contribution in [0.5, 0.6) is 0 Å². The number of rotatable bonds is 6. The van der Waals surface area contributed by atoms with Crippen molar-refractivity contribution >= 4 is 11.7 Å². The van der Waals surface area contributed by atoms with E-state index in [1.165, 1.54) is 0 Å². The van der Waals surface area contributed by atoms with Gasteiger partial charge in [-0.1, -0.05) is 0 Å². The Kier molecular flexibility index (Phi) is 7.53. The fraction of sp³-hybridized carbons (Fsp3) is 0.588. The molecule has 1 rings (SSSR count). The zero-order chi connectivity index (χ0) is 21.0. The molecule has 0 saturated heterocycles. The maximum Gasteiger partial charge on any atom is 0.416 e. The number of halogens is 6. The Morgan fingerprint density at radius 2 is 1.37 bits per heavy atom. The Bertz CT molecular complexity index is 600. The van der Waals surface area contributed by atoms with E-state index in [2.05, 4.69) is 10.2 Å². The third-order valence-electron chi connectivity index (χ3n) is 3.83. The molecule has 0 heterocycles. The van der Waals surface area contributed by atoms with Crippen LogP contribution in [0.1, 0.15) is 38.8 Å². The predicted octanol–water partition coefficient (Wildman–Crippen LogP) is 4.96. The summed E-state index contributed by atoms with van der Waals surface area (Å²) in [5.41, 5.74) is -3.56. The number of alkyl halides is 6. The highest BCUT2D eigenvalue weighted by atomic mass is 19.4. The summed E-state index contributed by atoms with van der Waals surface area (Å²) < 4.78 is 76.9. The van der Waals surface area contributed by atoms with Crippen molar-refractivity contribution in [3.8, 4) is 0 Å². The summed E-state index contributed by atoms with van der Waals surface area (Å²) in [6, 6.07) is 0.481. The van der Waals surface area contributed by atoms with Gasteiger partial charge in [0.05, 0.1) is 11.1 Å². The highest BCUT2D eigenvalue weighted by Crippen LogP contribution is 2.37. The third kappa shape index (κ3) is 7.28. The number of urea groups is 1. The second kappa shape index (κ2) is 8.81. The molecule has 0 fully saturated rings. The van der Waals surface area contributed by atoms with Gasteiger partial charge in [-0.15, -0.1) is 0 Å². The number of nitrogens with zero attached hydrogens (tertiary/aromatic N) is 1. The van der Waals surface area contributed by atoms with Crippen molar-refractivity contribution in [3.63, 3.8) is 0 Å². The number of carbonyl (C=O) groups is 1. The number of hydrogen-bond donors (Lipinski definition) is 2. The normalized spacial score (nSPS) is 12.8. The van der Waals surface area contributed by atoms with Crippen LogP contribution in [0.3, 0.4) is 0 Å². The number of hydrogen-bond acceptors (Lipinski definition) is 2. The molecule has 0 aliphatic rings. The van der Waals surface area contributed by atoms with Crippen LogP contribution in [-0.4, -0.2) is 36.1 Å². The Morgan fingerprint density at radius 1 is 0.926 bits per heavy atom. The van der Waals surface area contributed by atoms with Gasteiger partial charge in [0.15, 0.2) is 0 Å². The molecule has 10 heteroatoms. The molecule has 1 aromatic carbocycles. The summed E-state index contributed by atoms with van der Waals surface area (Å²) in [7, 11) is 0. The van der Waals surface area contributed by atoms with E-state index in [9.17, 15) is 31.1 Å². The Balaban J connectivity index is 2.84. The lowest BCUT2D eigenvalue weighted by Crippen LogP contribution is -2.43. The molecule has 2 N–H and O–H groups in total. The van der Waals surface area contributed by atoms with Crippen LogP contribution in [0.15, 0.2) is 18.2 Å². The van der Waals surface area contributed by atoms with Crippen molar-refractivity contribution in [3.05, 3.63) is 29.3 Å². The van der Waals surface area contributed by atoms with E-state index in [1.807, 2.05) is 33.0 Å². The molecule has 1 aromatic rings. The summed E-state index contributed by atoms with van der Waals surface area (Å²) >= 11 is 0. The maximum absolute atomic E-state index is 12.8. The lowest BCUT2D eigenvalue weighted by Gasteiger charge is -2.30. The molecule has 0 aromatic heterocycles. The van der Waals surface area contributed by atoms with Gasteiger partial charge in [0, 0.05) is 30.9 Å². The second-order valence-electron chi connectivity index (χ2n) is 6.60. The molecule has 0 saturated carbocycles. The quantitative estimate of drug-likeness (QED) is 0.664. The monoisotopic (exact) mass is 399 g/mol. The minimum atomic E-state index is -4.97. The van der Waals surface area contributed by atoms with Crippen LogP contribution in [0.25, 0.3) is 0 Å². The summed E-state index contributed by atoms with van der Waals surface area (Å²) in [6.07, 6.45) is -9.94. The van der Waals surface area contributed by atoms with Crippen molar-refractivity contribution in [2.45, 2.75) is 52.1 Å². The van der Waals surface area contributed by atoms with Gasteiger partial charge < -0.3 is 10.6 Å². The van der Waals surface area contributed by atoms with Gasteiger partial charge in [-0.2, -0.15) is 26.3 Å². The molecule has 0 radical (unpaired) electrons. The number of anilines is 1. The molecule has 154 valence electrons. The maximum atomic E-state index is 12.8. The van der Waals surface area contributed by atoms with Gasteiger partial charge in [-0.25, -0.2) is 4.79 Å². The van der Waals surface area contributed by atoms with Gasteiger partial charge in [0.25, 0.3) is 0 Å². The Hall–Kier alpha value is -1.97. The van der Waals surface area contributed by atoms with Crippen LogP contribution < -0.4 is 10.6 Å². The molecule has 4 nitrogen and oxygen atoms in total. The summed E-state index contributed by atoms with van der Waals surface area (Å²) in [6.45, 7) is 8.57. The van der Waals surface area contributed by atoms with E-state index in [1.54, 1.807) is 0 Å². The van der Waals surface area contributed by atoms with Crippen molar-refractivity contribution in [1.82, 2.24) is 10.2 Å². The molecule has 0 atom stereocenters. The SMILES string of the molecule is CC(C)N(CCNC(=O)Nc1cc(C(F)(F)F)cc(C(F)(F)F)c1)C(C)C. The van der Waals surface area contributed by atoms with Gasteiger partial charge in [-0.3, -0.25) is 4.90 Å². The first-order valence-corrected chi connectivity index (χ1v) is 8.32. The van der Waals surface area contributed by atoms with E-state index in [0.29, 0.717) is 18.7 Å². The first-order chi connectivity index (χ1) is 12.2. The van der Waals surface area contributed by atoms with Crippen LogP contribution in [0.4, 0.5) is 36.8 Å². The molecule has 0 aliphatic carbocycles. The van der Waals surface area contributed by atoms with E-state index < -0.39 is 35.2 Å². The lowest BCUT2D eigenvalue weighted by molar-refractivity contribution is -0.143. The molecule has 0 spiro atoms. The molecule has 2 amide bonds. The minimum absolute atomic E-state index is 0.00619. The highest BCUT2D eigenvalue weighted by Gasteiger charge is 2.37. The largest absolute Gasteiger partial charge is 0.416 e. The molecule has 27 heavy (non-hydrogen) atoms. The van der Waals surface area contributed by atoms with Crippen LogP contribution in [0.2, 0.25) is 0 Å². The zero-order valence-corrected chi connectivity index (χ0v) is 15.4. The molecular weight excluding hydrogens is 376 g/mol. The van der Waals surface area contributed by atoms with Gasteiger partial charge in [0.2, 0.25) is 0 Å². The first kappa shape index (κ1) is 23.1. The molecule has 0 unspecified atom stereocenters. The highest BCUT2D eigenvalue weighted by molar-refractivity contribution is 5.89. The standard InChI is InChI=1S/C17H23F6N3O/c1-10(2)26(11(3)4)6-5-24-15(27)25-14-8-12(16(18,19)20)7-13(9-14)17(21,22)23/h7-11H,5-6H2,1-4H3,(H2,24,25,27). The van der Waals surface area contributed by atoms with Gasteiger partial charge >= 0.3 is 18.4 Å². The van der Waals surface area contributed by atoms with Crippen molar-refractivity contribution in [2.24, 2.45) is 0 Å². The van der Waals surface area contributed by atoms with Crippen molar-refractivity contribution < 1.29 is 31.1 Å². The molecular formula is C17H23F6N3O. The number of amides is 2. The van der Waals surface area contributed by atoms with Crippen molar-refractivity contribution in [2.75, 3.05) is 18.4 Å². The Morgan fingerprint density at radius 3 is 1.74 bits per heavy atom.